The Morgan fingerprint density at radius 1 is 1.30 bits per heavy atom. The molecule has 1 aromatic rings. The summed E-state index contributed by atoms with van der Waals surface area (Å²) < 4.78 is 40.7. The fourth-order valence-electron chi connectivity index (χ4n) is 2.62. The minimum absolute atomic E-state index is 0.0176. The molecule has 1 aliphatic rings. The van der Waals surface area contributed by atoms with E-state index in [9.17, 15) is 13.6 Å². The Morgan fingerprint density at radius 2 is 1.93 bits per heavy atom. The lowest BCUT2D eigenvalue weighted by atomic mass is 9.93. The van der Waals surface area contributed by atoms with Gasteiger partial charge in [0.15, 0.2) is 25.7 Å². The molecule has 1 N–H and O–H groups in total. The molecule has 1 heterocycles. The standard InChI is InChI=1S/C21H29ClF2N2O3Si/c1-13-11-16(27)25-26-19(13)14-12-15(23)20(17(22)18(14)24)28-9-7-8-10-29-30(5,6)21(2,3)4/h7-8,12-13H,9-11H2,1-6H3,(H,25,27)/b8-7-. The smallest absolute Gasteiger partial charge is 0.240 e. The number of nitrogens with one attached hydrogen (secondary N) is 1. The first-order chi connectivity index (χ1) is 13.8. The van der Waals surface area contributed by atoms with Gasteiger partial charge in [-0.3, -0.25) is 4.79 Å². The molecule has 30 heavy (non-hydrogen) atoms. The Morgan fingerprint density at radius 3 is 2.53 bits per heavy atom. The van der Waals surface area contributed by atoms with Crippen molar-refractivity contribution in [2.75, 3.05) is 13.2 Å². The van der Waals surface area contributed by atoms with E-state index < -0.39 is 25.0 Å². The fraction of sp³-hybridized carbons (Fsp3) is 0.524. The van der Waals surface area contributed by atoms with Crippen LogP contribution in [-0.4, -0.2) is 33.2 Å². The van der Waals surface area contributed by atoms with Gasteiger partial charge < -0.3 is 9.16 Å². The number of benzene rings is 1. The summed E-state index contributed by atoms with van der Waals surface area (Å²) in [4.78, 5) is 11.4. The Bertz CT molecular complexity index is 867. The molecule has 1 aliphatic heterocycles. The lowest BCUT2D eigenvalue weighted by Gasteiger charge is -2.35. The van der Waals surface area contributed by atoms with E-state index in [0.717, 1.165) is 6.07 Å². The van der Waals surface area contributed by atoms with Gasteiger partial charge in [0.2, 0.25) is 5.91 Å². The Hall–Kier alpha value is -1.77. The van der Waals surface area contributed by atoms with Gasteiger partial charge in [0.25, 0.3) is 0 Å². The summed E-state index contributed by atoms with van der Waals surface area (Å²) in [5.41, 5.74) is 2.43. The first-order valence-electron chi connectivity index (χ1n) is 9.81. The number of nitrogens with zero attached hydrogens (tertiary/aromatic N) is 1. The Balaban J connectivity index is 2.04. The SMILES string of the molecule is CC1CC(=O)NN=C1c1cc(F)c(OC/C=C\CO[Si](C)(C)C(C)(C)C)c(Cl)c1F. The molecule has 166 valence electrons. The minimum Gasteiger partial charge on any atom is -0.485 e. The van der Waals surface area contributed by atoms with E-state index >= 15 is 0 Å². The zero-order valence-electron chi connectivity index (χ0n) is 18.2. The molecule has 0 saturated carbocycles. The third-order valence-electron chi connectivity index (χ3n) is 5.49. The average Bonchev–Trinajstić information content (AvgIpc) is 2.63. The molecule has 0 radical (unpaired) electrons. The molecule has 0 aliphatic carbocycles. The molecule has 9 heteroatoms. The van der Waals surface area contributed by atoms with Crippen molar-refractivity contribution in [3.05, 3.63) is 40.4 Å². The normalized spacial score (nSPS) is 17.8. The van der Waals surface area contributed by atoms with Crippen LogP contribution in [0.25, 0.3) is 0 Å². The molecule has 2 rings (SSSR count). The van der Waals surface area contributed by atoms with E-state index in [1.165, 1.54) is 0 Å². The van der Waals surface area contributed by atoms with Crippen LogP contribution in [0.5, 0.6) is 5.75 Å². The number of carbonyl (C=O) groups is 1. The van der Waals surface area contributed by atoms with Crippen molar-refractivity contribution < 1.29 is 22.7 Å². The number of amides is 1. The van der Waals surface area contributed by atoms with Gasteiger partial charge in [0.05, 0.1) is 12.3 Å². The first kappa shape index (κ1) is 24.5. The quantitative estimate of drug-likeness (QED) is 0.336. The molecular formula is C21H29ClF2N2O3Si. The Labute approximate surface area is 182 Å². The van der Waals surface area contributed by atoms with Crippen LogP contribution in [0.1, 0.15) is 39.7 Å². The summed E-state index contributed by atoms with van der Waals surface area (Å²) in [5.74, 6) is -2.63. The molecule has 0 spiro atoms. The van der Waals surface area contributed by atoms with Gasteiger partial charge in [-0.1, -0.05) is 45.4 Å². The van der Waals surface area contributed by atoms with Crippen molar-refractivity contribution >= 4 is 31.5 Å². The van der Waals surface area contributed by atoms with Crippen LogP contribution in [0.2, 0.25) is 23.2 Å². The second-order valence-corrected chi connectivity index (χ2v) is 14.0. The number of ether oxygens (including phenoxy) is 1. The summed E-state index contributed by atoms with van der Waals surface area (Å²) in [6.07, 6.45) is 3.60. The number of carbonyl (C=O) groups excluding carboxylic acids is 1. The highest BCUT2D eigenvalue weighted by Crippen LogP contribution is 2.36. The largest absolute Gasteiger partial charge is 0.485 e. The number of hydrogen-bond acceptors (Lipinski definition) is 4. The first-order valence-corrected chi connectivity index (χ1v) is 13.1. The van der Waals surface area contributed by atoms with E-state index in [1.807, 2.05) is 0 Å². The van der Waals surface area contributed by atoms with Crippen LogP contribution < -0.4 is 10.2 Å². The zero-order chi connectivity index (χ0) is 22.7. The van der Waals surface area contributed by atoms with Crippen LogP contribution in [0, 0.1) is 17.6 Å². The topological polar surface area (TPSA) is 59.9 Å². The summed E-state index contributed by atoms with van der Waals surface area (Å²) in [5, 5.41) is 3.51. The van der Waals surface area contributed by atoms with E-state index in [-0.39, 0.29) is 46.9 Å². The van der Waals surface area contributed by atoms with E-state index in [4.69, 9.17) is 20.8 Å². The van der Waals surface area contributed by atoms with Gasteiger partial charge in [-0.05, 0) is 30.3 Å². The summed E-state index contributed by atoms with van der Waals surface area (Å²) >= 11 is 6.02. The molecule has 5 nitrogen and oxygen atoms in total. The van der Waals surface area contributed by atoms with Gasteiger partial charge in [-0.15, -0.1) is 0 Å². The van der Waals surface area contributed by atoms with Gasteiger partial charge >= 0.3 is 0 Å². The van der Waals surface area contributed by atoms with Crippen molar-refractivity contribution in [1.29, 1.82) is 0 Å². The van der Waals surface area contributed by atoms with Gasteiger partial charge in [-0.2, -0.15) is 5.10 Å². The van der Waals surface area contributed by atoms with E-state index in [0.29, 0.717) is 6.61 Å². The second kappa shape index (κ2) is 9.57. The maximum atomic E-state index is 14.8. The van der Waals surface area contributed by atoms with Crippen LogP contribution in [0.3, 0.4) is 0 Å². The average molecular weight is 459 g/mol. The predicted molar refractivity (Wildman–Crippen MR) is 118 cm³/mol. The van der Waals surface area contributed by atoms with E-state index in [1.54, 1.807) is 19.1 Å². The van der Waals surface area contributed by atoms with Crippen molar-refractivity contribution in [3.63, 3.8) is 0 Å². The number of rotatable bonds is 7. The molecular weight excluding hydrogens is 430 g/mol. The second-order valence-electron chi connectivity index (χ2n) is 8.85. The van der Waals surface area contributed by atoms with Crippen LogP contribution in [0.4, 0.5) is 8.78 Å². The zero-order valence-corrected chi connectivity index (χ0v) is 20.0. The molecule has 1 amide bonds. The third kappa shape index (κ3) is 5.68. The highest BCUT2D eigenvalue weighted by atomic mass is 35.5. The molecule has 1 aromatic carbocycles. The van der Waals surface area contributed by atoms with Gasteiger partial charge in [0, 0.05) is 17.9 Å². The molecule has 1 atom stereocenters. The van der Waals surface area contributed by atoms with Crippen molar-refractivity contribution in [1.82, 2.24) is 5.43 Å². The number of halogens is 3. The molecule has 0 fully saturated rings. The predicted octanol–water partition coefficient (Wildman–Crippen LogP) is 5.44. The number of hydrazone groups is 1. The molecule has 0 saturated heterocycles. The maximum Gasteiger partial charge on any atom is 0.240 e. The van der Waals surface area contributed by atoms with Crippen molar-refractivity contribution in [2.45, 2.75) is 52.2 Å². The number of hydrogen-bond donors (Lipinski definition) is 1. The lowest BCUT2D eigenvalue weighted by Crippen LogP contribution is -2.40. The minimum atomic E-state index is -1.85. The highest BCUT2D eigenvalue weighted by molar-refractivity contribution is 6.74. The van der Waals surface area contributed by atoms with E-state index in [2.05, 4.69) is 44.4 Å². The summed E-state index contributed by atoms with van der Waals surface area (Å²) in [6.45, 7) is 12.9. The molecule has 0 aromatic heterocycles. The summed E-state index contributed by atoms with van der Waals surface area (Å²) in [6, 6.07) is 0.994. The fourth-order valence-corrected chi connectivity index (χ4v) is 3.81. The van der Waals surface area contributed by atoms with Crippen molar-refractivity contribution in [3.8, 4) is 5.75 Å². The third-order valence-corrected chi connectivity index (χ3v) is 10.3. The van der Waals surface area contributed by atoms with Crippen LogP contribution in [0.15, 0.2) is 23.3 Å². The van der Waals surface area contributed by atoms with Crippen LogP contribution >= 0.6 is 11.6 Å². The Kier molecular flexibility index (Phi) is 7.82. The lowest BCUT2D eigenvalue weighted by molar-refractivity contribution is -0.121. The molecule has 1 unspecified atom stereocenters. The van der Waals surface area contributed by atoms with Gasteiger partial charge in [0.1, 0.15) is 11.6 Å². The molecule has 0 bridgehead atoms. The van der Waals surface area contributed by atoms with Crippen LogP contribution in [-0.2, 0) is 9.22 Å². The maximum absolute atomic E-state index is 14.8. The van der Waals surface area contributed by atoms with Gasteiger partial charge in [-0.25, -0.2) is 14.2 Å². The highest BCUT2D eigenvalue weighted by Gasteiger charge is 2.36. The summed E-state index contributed by atoms with van der Waals surface area (Å²) in [7, 11) is -1.85. The monoisotopic (exact) mass is 458 g/mol. The van der Waals surface area contributed by atoms with Crippen molar-refractivity contribution in [2.24, 2.45) is 11.0 Å².